The fourth-order valence-electron chi connectivity index (χ4n) is 3.14. The van der Waals surface area contributed by atoms with Crippen molar-refractivity contribution in [1.29, 1.82) is 0 Å². The Morgan fingerprint density at radius 1 is 1.11 bits per heavy atom. The number of ether oxygens (including phenoxy) is 2. The number of anilines is 2. The van der Waals surface area contributed by atoms with Gasteiger partial charge in [0, 0.05) is 13.0 Å². The molecular weight excluding hydrogens is 380 g/mol. The molecule has 0 radical (unpaired) electrons. The summed E-state index contributed by atoms with van der Waals surface area (Å²) in [5.74, 6) is 1.23. The topological polar surface area (TPSA) is 84.9 Å². The molecule has 0 bridgehead atoms. The highest BCUT2D eigenvalue weighted by atomic mass is 32.2. The molecule has 1 heterocycles. The summed E-state index contributed by atoms with van der Waals surface area (Å²) in [6.45, 7) is 0.444. The molecule has 8 heteroatoms. The van der Waals surface area contributed by atoms with Gasteiger partial charge in [0.2, 0.25) is 15.9 Å². The third-order valence-electron chi connectivity index (χ3n) is 4.64. The fourth-order valence-corrected chi connectivity index (χ4v) is 4.70. The molecule has 1 fully saturated rings. The Labute approximate surface area is 165 Å². The van der Waals surface area contributed by atoms with Crippen molar-refractivity contribution < 1.29 is 22.7 Å². The van der Waals surface area contributed by atoms with E-state index in [-0.39, 0.29) is 11.7 Å². The molecule has 1 aliphatic heterocycles. The van der Waals surface area contributed by atoms with Crippen molar-refractivity contribution in [3.8, 4) is 11.5 Å². The molecule has 0 spiro atoms. The van der Waals surface area contributed by atoms with E-state index in [0.29, 0.717) is 42.9 Å². The lowest BCUT2D eigenvalue weighted by molar-refractivity contribution is -0.116. The van der Waals surface area contributed by atoms with Crippen molar-refractivity contribution in [2.24, 2.45) is 0 Å². The molecule has 0 saturated carbocycles. The Balaban J connectivity index is 1.69. The highest BCUT2D eigenvalue weighted by molar-refractivity contribution is 7.93. The first-order chi connectivity index (χ1) is 13.4. The van der Waals surface area contributed by atoms with Gasteiger partial charge >= 0.3 is 0 Å². The van der Waals surface area contributed by atoms with Crippen LogP contribution in [-0.2, 0) is 21.2 Å². The van der Waals surface area contributed by atoms with Crippen LogP contribution in [0.25, 0.3) is 0 Å². The van der Waals surface area contributed by atoms with Crippen LogP contribution >= 0.6 is 0 Å². The first kappa shape index (κ1) is 20.0. The van der Waals surface area contributed by atoms with Crippen LogP contribution in [0.5, 0.6) is 11.5 Å². The second-order valence-corrected chi connectivity index (χ2v) is 8.54. The molecule has 2 aromatic carbocycles. The molecule has 1 saturated heterocycles. The summed E-state index contributed by atoms with van der Waals surface area (Å²) in [4.78, 5) is 12.4. The third kappa shape index (κ3) is 4.56. The van der Waals surface area contributed by atoms with Gasteiger partial charge in [0.25, 0.3) is 0 Å². The largest absolute Gasteiger partial charge is 0.497 e. The number of nitrogens with zero attached hydrogens (tertiary/aromatic N) is 1. The minimum absolute atomic E-state index is 0.141. The average Bonchev–Trinajstić information content (AvgIpc) is 3.05. The lowest BCUT2D eigenvalue weighted by Crippen LogP contribution is -2.25. The molecule has 0 aliphatic carbocycles. The van der Waals surface area contributed by atoms with Crippen LogP contribution in [-0.4, -0.2) is 40.8 Å². The number of amides is 1. The number of methoxy groups -OCH3 is 2. The van der Waals surface area contributed by atoms with Gasteiger partial charge < -0.3 is 14.8 Å². The molecule has 3 rings (SSSR count). The first-order valence-electron chi connectivity index (χ1n) is 9.04. The number of hydrogen-bond donors (Lipinski definition) is 1. The number of aryl methyl sites for hydroxylation is 1. The van der Waals surface area contributed by atoms with Gasteiger partial charge in [-0.05, 0) is 48.7 Å². The maximum absolute atomic E-state index is 12.4. The molecule has 150 valence electrons. The molecule has 0 aromatic heterocycles. The predicted octanol–water partition coefficient (Wildman–Crippen LogP) is 2.82. The zero-order chi connectivity index (χ0) is 20.1. The molecule has 0 unspecified atom stereocenters. The van der Waals surface area contributed by atoms with Crippen molar-refractivity contribution in [2.75, 3.05) is 36.1 Å². The van der Waals surface area contributed by atoms with E-state index in [0.717, 1.165) is 11.3 Å². The molecule has 1 amide bonds. The van der Waals surface area contributed by atoms with Crippen molar-refractivity contribution in [1.82, 2.24) is 0 Å². The van der Waals surface area contributed by atoms with Crippen molar-refractivity contribution in [2.45, 2.75) is 19.3 Å². The van der Waals surface area contributed by atoms with Gasteiger partial charge in [-0.2, -0.15) is 0 Å². The van der Waals surface area contributed by atoms with E-state index < -0.39 is 10.0 Å². The number of nitrogens with one attached hydrogen (secondary N) is 1. The maximum atomic E-state index is 12.4. The molecule has 7 nitrogen and oxygen atoms in total. The number of carbonyl (C=O) groups excluding carboxylic acids is 1. The minimum atomic E-state index is -3.29. The minimum Gasteiger partial charge on any atom is -0.497 e. The molecule has 2 aromatic rings. The van der Waals surface area contributed by atoms with E-state index in [4.69, 9.17) is 9.47 Å². The van der Waals surface area contributed by atoms with Gasteiger partial charge in [0.15, 0.2) is 0 Å². The van der Waals surface area contributed by atoms with Gasteiger partial charge in [0.05, 0.1) is 31.3 Å². The summed E-state index contributed by atoms with van der Waals surface area (Å²) in [6, 6.07) is 12.6. The lowest BCUT2D eigenvalue weighted by Gasteiger charge is -2.19. The summed E-state index contributed by atoms with van der Waals surface area (Å²) >= 11 is 0. The summed E-state index contributed by atoms with van der Waals surface area (Å²) in [5.41, 5.74) is 2.02. The Kier molecular flexibility index (Phi) is 6.08. The van der Waals surface area contributed by atoms with Crippen LogP contribution in [0, 0.1) is 0 Å². The van der Waals surface area contributed by atoms with Crippen molar-refractivity contribution in [3.05, 3.63) is 48.0 Å². The Bertz CT molecular complexity index is 942. The highest BCUT2D eigenvalue weighted by Crippen LogP contribution is 2.32. The monoisotopic (exact) mass is 404 g/mol. The normalized spacial score (nSPS) is 15.3. The van der Waals surface area contributed by atoms with Crippen LogP contribution in [0.3, 0.4) is 0 Å². The van der Waals surface area contributed by atoms with Crippen LogP contribution in [0.2, 0.25) is 0 Å². The van der Waals surface area contributed by atoms with Crippen LogP contribution in [0.1, 0.15) is 18.4 Å². The zero-order valence-electron chi connectivity index (χ0n) is 16.0. The molecular formula is C20H24N2O5S. The third-order valence-corrected chi connectivity index (χ3v) is 6.51. The second-order valence-electron chi connectivity index (χ2n) is 6.52. The SMILES string of the molecule is COc1ccc(CCC(=O)Nc2cc(N3CCCS3(=O)=O)ccc2OC)cc1. The van der Waals surface area contributed by atoms with E-state index in [2.05, 4.69) is 5.32 Å². The number of sulfonamides is 1. The van der Waals surface area contributed by atoms with E-state index in [1.807, 2.05) is 24.3 Å². The van der Waals surface area contributed by atoms with Crippen LogP contribution in [0.4, 0.5) is 11.4 Å². The number of rotatable bonds is 7. The number of benzene rings is 2. The van der Waals surface area contributed by atoms with Gasteiger partial charge in [0.1, 0.15) is 11.5 Å². The van der Waals surface area contributed by atoms with E-state index in [1.54, 1.807) is 25.3 Å². The molecule has 1 aliphatic rings. The Morgan fingerprint density at radius 3 is 2.46 bits per heavy atom. The number of carbonyl (C=O) groups is 1. The van der Waals surface area contributed by atoms with Crippen LogP contribution in [0.15, 0.2) is 42.5 Å². The summed E-state index contributed by atoms with van der Waals surface area (Å²) in [6.07, 6.45) is 1.47. The van der Waals surface area contributed by atoms with Gasteiger partial charge in [-0.15, -0.1) is 0 Å². The fraction of sp³-hybridized carbons (Fsp3) is 0.350. The molecule has 0 atom stereocenters. The lowest BCUT2D eigenvalue weighted by atomic mass is 10.1. The van der Waals surface area contributed by atoms with Gasteiger partial charge in [-0.3, -0.25) is 9.10 Å². The summed E-state index contributed by atoms with van der Waals surface area (Å²) in [5, 5.41) is 2.84. The number of hydrogen-bond acceptors (Lipinski definition) is 5. The van der Waals surface area contributed by atoms with Gasteiger partial charge in [-0.1, -0.05) is 12.1 Å². The van der Waals surface area contributed by atoms with Crippen molar-refractivity contribution >= 4 is 27.3 Å². The average molecular weight is 404 g/mol. The van der Waals surface area contributed by atoms with E-state index in [1.165, 1.54) is 11.4 Å². The Hall–Kier alpha value is -2.74. The predicted molar refractivity (Wildman–Crippen MR) is 109 cm³/mol. The van der Waals surface area contributed by atoms with E-state index >= 15 is 0 Å². The summed E-state index contributed by atoms with van der Waals surface area (Å²) in [7, 11) is -0.170. The second kappa shape index (κ2) is 8.52. The zero-order valence-corrected chi connectivity index (χ0v) is 16.8. The smallest absolute Gasteiger partial charge is 0.235 e. The maximum Gasteiger partial charge on any atom is 0.235 e. The van der Waals surface area contributed by atoms with Crippen LogP contribution < -0.4 is 19.1 Å². The van der Waals surface area contributed by atoms with E-state index in [9.17, 15) is 13.2 Å². The van der Waals surface area contributed by atoms with Gasteiger partial charge in [-0.25, -0.2) is 8.42 Å². The quantitative estimate of drug-likeness (QED) is 0.767. The summed E-state index contributed by atoms with van der Waals surface area (Å²) < 4.78 is 36.1. The molecule has 28 heavy (non-hydrogen) atoms. The Morgan fingerprint density at radius 2 is 1.86 bits per heavy atom. The first-order valence-corrected chi connectivity index (χ1v) is 10.6. The highest BCUT2D eigenvalue weighted by Gasteiger charge is 2.29. The molecule has 1 N–H and O–H groups in total. The van der Waals surface area contributed by atoms with Crippen molar-refractivity contribution in [3.63, 3.8) is 0 Å². The standard InChI is InChI=1S/C20H24N2O5S/c1-26-17-8-4-15(5-9-17)6-11-20(23)21-18-14-16(7-10-19(18)27-2)22-12-3-13-28(22,24)25/h4-5,7-10,14H,3,6,11-13H2,1-2H3,(H,21,23).